The van der Waals surface area contributed by atoms with Crippen LogP contribution in [0.2, 0.25) is 0 Å². The third-order valence-corrected chi connectivity index (χ3v) is 2.84. The Hall–Kier alpha value is -1.95. The van der Waals surface area contributed by atoms with Gasteiger partial charge in [-0.1, -0.05) is 6.92 Å². The number of carbonyl (C=O) groups excluding carboxylic acids is 1. The predicted octanol–water partition coefficient (Wildman–Crippen LogP) is 0.498. The first-order chi connectivity index (χ1) is 8.65. The normalized spacial score (nSPS) is 14.3. The summed E-state index contributed by atoms with van der Waals surface area (Å²) < 4.78 is 10.4. The fourth-order valence-corrected chi connectivity index (χ4v) is 1.69. The van der Waals surface area contributed by atoms with Gasteiger partial charge in [-0.05, 0) is 12.5 Å². The van der Waals surface area contributed by atoms with Crippen LogP contribution in [0.25, 0.3) is 0 Å². The first-order valence-corrected chi connectivity index (χ1v) is 5.76. The number of nitrogens with two attached hydrogens (primary N) is 1. The lowest BCUT2D eigenvalue weighted by Gasteiger charge is -2.15. The Balaban J connectivity index is 2.20. The molecule has 6 nitrogen and oxygen atoms in total. The third kappa shape index (κ3) is 2.33. The van der Waals surface area contributed by atoms with Crippen LogP contribution in [0.3, 0.4) is 0 Å². The molecule has 1 aliphatic heterocycles. The highest BCUT2D eigenvalue weighted by Crippen LogP contribution is 2.35. The summed E-state index contributed by atoms with van der Waals surface area (Å²) in [6, 6.07) is 2.84. The molecule has 1 aromatic rings. The fourth-order valence-electron chi connectivity index (χ4n) is 1.69. The Morgan fingerprint density at radius 2 is 2.17 bits per heavy atom. The van der Waals surface area contributed by atoms with Crippen LogP contribution in [-0.4, -0.2) is 30.5 Å². The molecule has 98 valence electrons. The van der Waals surface area contributed by atoms with Crippen molar-refractivity contribution in [2.45, 2.75) is 19.4 Å². The van der Waals surface area contributed by atoms with Gasteiger partial charge in [0.1, 0.15) is 0 Å². The molecule has 1 aliphatic rings. The summed E-state index contributed by atoms with van der Waals surface area (Å²) >= 11 is 0. The van der Waals surface area contributed by atoms with E-state index >= 15 is 0 Å². The average Bonchev–Trinajstić information content (AvgIpc) is 2.81. The van der Waals surface area contributed by atoms with Crippen LogP contribution in [0, 0.1) is 0 Å². The highest BCUT2D eigenvalue weighted by Gasteiger charge is 2.20. The van der Waals surface area contributed by atoms with Gasteiger partial charge in [-0.25, -0.2) is 0 Å². The van der Waals surface area contributed by atoms with Gasteiger partial charge in [0.2, 0.25) is 6.79 Å². The maximum atomic E-state index is 12.0. The Bertz CT molecular complexity index is 458. The lowest BCUT2D eigenvalue weighted by molar-refractivity contribution is 0.0915. The number of aliphatic hydroxyl groups is 1. The topological polar surface area (TPSA) is 93.8 Å². The van der Waals surface area contributed by atoms with Crippen LogP contribution in [0.1, 0.15) is 23.7 Å². The summed E-state index contributed by atoms with van der Waals surface area (Å²) in [7, 11) is 0. The quantitative estimate of drug-likeness (QED) is 0.678. The molecule has 0 fully saturated rings. The van der Waals surface area contributed by atoms with E-state index < -0.39 is 0 Å². The van der Waals surface area contributed by atoms with Crippen LogP contribution in [-0.2, 0) is 0 Å². The third-order valence-electron chi connectivity index (χ3n) is 2.84. The molecule has 18 heavy (non-hydrogen) atoms. The van der Waals surface area contributed by atoms with E-state index in [1.165, 1.54) is 0 Å². The number of benzene rings is 1. The molecule has 1 heterocycles. The number of amides is 1. The lowest BCUT2D eigenvalue weighted by atomic mass is 10.1. The second kappa shape index (κ2) is 5.14. The van der Waals surface area contributed by atoms with Crippen LogP contribution in [0.4, 0.5) is 5.69 Å². The van der Waals surface area contributed by atoms with Gasteiger partial charge in [0.25, 0.3) is 5.91 Å². The zero-order valence-electron chi connectivity index (χ0n) is 10.1. The summed E-state index contributed by atoms with van der Waals surface area (Å²) in [6.45, 7) is 1.91. The molecule has 4 N–H and O–H groups in total. The zero-order chi connectivity index (χ0) is 13.1. The number of hydrogen-bond acceptors (Lipinski definition) is 5. The highest BCUT2D eigenvalue weighted by atomic mass is 16.7. The largest absolute Gasteiger partial charge is 0.454 e. The van der Waals surface area contributed by atoms with Gasteiger partial charge in [0.05, 0.1) is 18.2 Å². The molecule has 0 aromatic heterocycles. The number of hydrogen-bond donors (Lipinski definition) is 3. The van der Waals surface area contributed by atoms with E-state index in [1.54, 1.807) is 12.1 Å². The predicted molar refractivity (Wildman–Crippen MR) is 65.6 cm³/mol. The maximum absolute atomic E-state index is 12.0. The number of carbonyl (C=O) groups is 1. The molecule has 0 saturated carbocycles. The van der Waals surface area contributed by atoms with E-state index in [9.17, 15) is 4.79 Å². The number of rotatable bonds is 4. The minimum atomic E-state index is -0.327. The van der Waals surface area contributed by atoms with Gasteiger partial charge in [-0.3, -0.25) is 4.79 Å². The maximum Gasteiger partial charge on any atom is 0.253 e. The minimum absolute atomic E-state index is 0.104. The van der Waals surface area contributed by atoms with Crippen molar-refractivity contribution in [2.24, 2.45) is 0 Å². The first kappa shape index (κ1) is 12.5. The lowest BCUT2D eigenvalue weighted by Crippen LogP contribution is -2.37. The van der Waals surface area contributed by atoms with Crippen LogP contribution in [0.15, 0.2) is 12.1 Å². The van der Waals surface area contributed by atoms with Crippen molar-refractivity contribution in [2.75, 3.05) is 19.1 Å². The molecule has 0 unspecified atom stereocenters. The van der Waals surface area contributed by atoms with E-state index in [1.807, 2.05) is 6.92 Å². The molecule has 0 radical (unpaired) electrons. The molecule has 0 saturated heterocycles. The molecule has 1 atom stereocenters. The van der Waals surface area contributed by atoms with Gasteiger partial charge < -0.3 is 25.6 Å². The Kier molecular flexibility index (Phi) is 3.57. The van der Waals surface area contributed by atoms with Gasteiger partial charge in [0.15, 0.2) is 11.5 Å². The molecule has 0 aliphatic carbocycles. The summed E-state index contributed by atoms with van der Waals surface area (Å²) in [5.41, 5.74) is 6.44. The Morgan fingerprint density at radius 3 is 2.78 bits per heavy atom. The first-order valence-electron chi connectivity index (χ1n) is 5.76. The molecular formula is C12H16N2O4. The van der Waals surface area contributed by atoms with Crippen molar-refractivity contribution in [3.63, 3.8) is 0 Å². The summed E-state index contributed by atoms with van der Waals surface area (Å²) in [5.74, 6) is 0.719. The summed E-state index contributed by atoms with van der Waals surface area (Å²) in [6.07, 6.45) is 0.646. The number of aliphatic hydroxyl groups excluding tert-OH is 1. The average molecular weight is 252 g/mol. The van der Waals surface area contributed by atoms with Crippen LogP contribution < -0.4 is 20.5 Å². The highest BCUT2D eigenvalue weighted by molar-refractivity contribution is 6.00. The number of anilines is 1. The molecule has 1 amide bonds. The monoisotopic (exact) mass is 252 g/mol. The van der Waals surface area contributed by atoms with Gasteiger partial charge in [0, 0.05) is 11.8 Å². The van der Waals surface area contributed by atoms with Crippen LogP contribution >= 0.6 is 0 Å². The number of nitrogen functional groups attached to an aromatic ring is 1. The van der Waals surface area contributed by atoms with Crippen molar-refractivity contribution in [3.05, 3.63) is 17.7 Å². The molecule has 6 heteroatoms. The van der Waals surface area contributed by atoms with E-state index in [-0.39, 0.29) is 25.3 Å². The number of fused-ring (bicyclic) bond motifs is 1. The van der Waals surface area contributed by atoms with E-state index in [0.29, 0.717) is 29.2 Å². The van der Waals surface area contributed by atoms with Crippen molar-refractivity contribution in [1.82, 2.24) is 5.32 Å². The van der Waals surface area contributed by atoms with Crippen molar-refractivity contribution in [1.29, 1.82) is 0 Å². The minimum Gasteiger partial charge on any atom is -0.454 e. The SMILES string of the molecule is CC[C@@H](CO)NC(=O)c1cc2c(cc1N)OCO2. The fraction of sp³-hybridized carbons (Fsp3) is 0.417. The van der Waals surface area contributed by atoms with E-state index in [2.05, 4.69) is 5.32 Å². The van der Waals surface area contributed by atoms with Gasteiger partial charge in [-0.2, -0.15) is 0 Å². The van der Waals surface area contributed by atoms with E-state index in [0.717, 1.165) is 0 Å². The zero-order valence-corrected chi connectivity index (χ0v) is 10.1. The van der Waals surface area contributed by atoms with Crippen molar-refractivity contribution in [3.8, 4) is 11.5 Å². The standard InChI is InChI=1S/C12H16N2O4/c1-2-7(5-15)14-12(16)8-3-10-11(4-9(8)13)18-6-17-10/h3-4,7,15H,2,5-6,13H2,1H3,(H,14,16)/t7-/m0/s1. The second-order valence-electron chi connectivity index (χ2n) is 4.05. The molecule has 1 aromatic carbocycles. The summed E-state index contributed by atoms with van der Waals surface area (Å²) in [4.78, 5) is 12.0. The Labute approximate surface area is 105 Å². The molecule has 0 bridgehead atoms. The van der Waals surface area contributed by atoms with Gasteiger partial charge in [-0.15, -0.1) is 0 Å². The second-order valence-corrected chi connectivity index (χ2v) is 4.05. The molecule has 0 spiro atoms. The Morgan fingerprint density at radius 1 is 1.50 bits per heavy atom. The van der Waals surface area contributed by atoms with Crippen molar-refractivity contribution >= 4 is 11.6 Å². The number of nitrogens with one attached hydrogen (secondary N) is 1. The summed E-state index contributed by atoms with van der Waals surface area (Å²) in [5, 5.41) is 11.8. The molecule has 2 rings (SSSR count). The smallest absolute Gasteiger partial charge is 0.253 e. The van der Waals surface area contributed by atoms with Crippen LogP contribution in [0.5, 0.6) is 11.5 Å². The van der Waals surface area contributed by atoms with E-state index in [4.69, 9.17) is 20.3 Å². The molecular weight excluding hydrogens is 236 g/mol. The number of ether oxygens (including phenoxy) is 2. The van der Waals surface area contributed by atoms with Gasteiger partial charge >= 0.3 is 0 Å². The van der Waals surface area contributed by atoms with Crippen molar-refractivity contribution < 1.29 is 19.4 Å².